The van der Waals surface area contributed by atoms with Crippen LogP contribution in [0.2, 0.25) is 0 Å². The highest BCUT2D eigenvalue weighted by Gasteiger charge is 2.47. The number of rotatable bonds is 10. The third-order valence-corrected chi connectivity index (χ3v) is 6.31. The number of carbonyl (C=O) groups excluding carboxylic acids is 2. The van der Waals surface area contributed by atoms with Gasteiger partial charge in [0.05, 0.1) is 12.5 Å². The molecule has 3 unspecified atom stereocenters. The molecule has 0 fully saturated rings. The minimum Gasteiger partial charge on any atom is -0.491 e. The summed E-state index contributed by atoms with van der Waals surface area (Å²) in [6.07, 6.45) is 2.64. The summed E-state index contributed by atoms with van der Waals surface area (Å²) < 4.78 is 31.7. The Morgan fingerprint density at radius 3 is 2.80 bits per heavy atom. The molecule has 0 saturated heterocycles. The molecule has 2 aliphatic rings. The predicted octanol–water partition coefficient (Wildman–Crippen LogP) is 2.62. The lowest BCUT2D eigenvalue weighted by molar-refractivity contribution is -0.0435. The first kappa shape index (κ1) is 24.4. The number of ether oxygens (including phenoxy) is 1. The molecule has 0 spiro atoms. The van der Waals surface area contributed by atoms with E-state index in [9.17, 15) is 18.4 Å². The molecule has 0 aromatic carbocycles. The Morgan fingerprint density at radius 1 is 1.43 bits per heavy atom. The van der Waals surface area contributed by atoms with Crippen LogP contribution in [0.5, 0.6) is 0 Å². The number of fused-ring (bicyclic) bond motifs is 1. The van der Waals surface area contributed by atoms with Crippen LogP contribution in [0, 0.1) is 24.2 Å². The van der Waals surface area contributed by atoms with Gasteiger partial charge in [0.25, 0.3) is 17.7 Å². The number of H-pyrrole nitrogens is 1. The topological polar surface area (TPSA) is 137 Å². The molecule has 3 N–H and O–H groups in total. The van der Waals surface area contributed by atoms with Crippen molar-refractivity contribution < 1.29 is 23.1 Å². The average molecular weight is 488 g/mol. The monoisotopic (exact) mass is 487 g/mol. The fraction of sp³-hybridized carbons (Fsp3) is 0.478. The van der Waals surface area contributed by atoms with Crippen LogP contribution in [0.25, 0.3) is 0 Å². The van der Waals surface area contributed by atoms with Crippen molar-refractivity contribution in [2.24, 2.45) is 11.8 Å². The van der Waals surface area contributed by atoms with Gasteiger partial charge in [0.2, 0.25) is 0 Å². The molecule has 4 rings (SSSR count). The summed E-state index contributed by atoms with van der Waals surface area (Å²) in [6.45, 7) is 5.65. The van der Waals surface area contributed by atoms with Crippen LogP contribution < -0.4 is 5.32 Å². The Balaban J connectivity index is 1.46. The fourth-order valence-electron chi connectivity index (χ4n) is 4.42. The number of allylic oxidation sites excluding steroid dienone is 2. The number of halogens is 2. The molecule has 2 aromatic rings. The number of alkyl halides is 2. The minimum atomic E-state index is -2.96. The molecular formula is C23H27F2N7O3. The van der Waals surface area contributed by atoms with Crippen molar-refractivity contribution in [3.8, 4) is 0 Å². The highest BCUT2D eigenvalue weighted by molar-refractivity contribution is 6.03. The lowest BCUT2D eigenvalue weighted by Gasteiger charge is -2.30. The van der Waals surface area contributed by atoms with Crippen LogP contribution in [-0.4, -0.2) is 61.7 Å². The molecule has 3 atom stereocenters. The van der Waals surface area contributed by atoms with Gasteiger partial charge in [-0.3, -0.25) is 14.6 Å². The van der Waals surface area contributed by atoms with E-state index in [1.807, 2.05) is 0 Å². The molecule has 12 heteroatoms. The van der Waals surface area contributed by atoms with Gasteiger partial charge in [0.1, 0.15) is 23.1 Å². The van der Waals surface area contributed by atoms with Gasteiger partial charge in [-0.25, -0.2) is 8.78 Å². The average Bonchev–Trinajstić information content (AvgIpc) is 3.09. The van der Waals surface area contributed by atoms with Crippen molar-refractivity contribution in [1.82, 2.24) is 30.4 Å². The third kappa shape index (κ3) is 4.91. The molecule has 2 amide bonds. The maximum atomic E-state index is 13.2. The SMILES string of the molecule is CC1=C(OCC(C)(F)F)C1C(C=N)C(C)N1Cc2c(ccnc2C(=O)NCc2nnc(C)[nH]2)C1=O. The highest BCUT2D eigenvalue weighted by atomic mass is 19.3. The molecule has 0 bridgehead atoms. The Labute approximate surface area is 200 Å². The standard InChI is InChI=1S/C23H27F2N7O3/c1-11-18(20(11)35-10-23(4,24)25)15(7-26)12(2)32-9-16-14(22(32)34)5-6-27-19(16)21(33)28-8-17-29-13(3)30-31-17/h5-7,12,15,18,26H,8-10H2,1-4H3,(H,28,33)(H,29,30,31). The molecule has 2 aromatic heterocycles. The Morgan fingerprint density at radius 2 is 2.17 bits per heavy atom. The van der Waals surface area contributed by atoms with E-state index in [-0.39, 0.29) is 30.6 Å². The number of hydrogen-bond donors (Lipinski definition) is 3. The van der Waals surface area contributed by atoms with Crippen molar-refractivity contribution in [2.75, 3.05) is 6.61 Å². The highest BCUT2D eigenvalue weighted by Crippen LogP contribution is 2.47. The van der Waals surface area contributed by atoms with Gasteiger partial charge in [-0.2, -0.15) is 0 Å². The van der Waals surface area contributed by atoms with E-state index in [1.54, 1.807) is 31.7 Å². The van der Waals surface area contributed by atoms with Crippen LogP contribution in [0.1, 0.15) is 58.8 Å². The third-order valence-electron chi connectivity index (χ3n) is 6.31. The fourth-order valence-corrected chi connectivity index (χ4v) is 4.42. The molecule has 1 aliphatic heterocycles. The number of aromatic amines is 1. The van der Waals surface area contributed by atoms with Gasteiger partial charge in [-0.15, -0.1) is 10.2 Å². The smallest absolute Gasteiger partial charge is 0.278 e. The Kier molecular flexibility index (Phi) is 6.39. The maximum Gasteiger partial charge on any atom is 0.278 e. The second kappa shape index (κ2) is 9.16. The largest absolute Gasteiger partial charge is 0.491 e. The molecule has 0 saturated carbocycles. The summed E-state index contributed by atoms with van der Waals surface area (Å²) in [5.41, 5.74) is 1.81. The van der Waals surface area contributed by atoms with E-state index in [0.29, 0.717) is 28.5 Å². The summed E-state index contributed by atoms with van der Waals surface area (Å²) in [7, 11) is 0. The van der Waals surface area contributed by atoms with E-state index < -0.39 is 30.4 Å². The Hall–Kier alpha value is -3.70. The van der Waals surface area contributed by atoms with E-state index in [4.69, 9.17) is 10.1 Å². The molecule has 1 aliphatic carbocycles. The van der Waals surface area contributed by atoms with Crippen molar-refractivity contribution in [1.29, 1.82) is 5.41 Å². The first-order valence-electron chi connectivity index (χ1n) is 11.2. The van der Waals surface area contributed by atoms with Gasteiger partial charge < -0.3 is 25.3 Å². The van der Waals surface area contributed by atoms with E-state index in [1.165, 1.54) is 12.4 Å². The van der Waals surface area contributed by atoms with Crippen molar-refractivity contribution in [3.05, 3.63) is 52.1 Å². The van der Waals surface area contributed by atoms with Crippen LogP contribution in [0.15, 0.2) is 23.6 Å². The molecule has 35 heavy (non-hydrogen) atoms. The number of carbonyl (C=O) groups is 2. The minimum absolute atomic E-state index is 0.126. The zero-order chi connectivity index (χ0) is 25.5. The van der Waals surface area contributed by atoms with Crippen LogP contribution in [0.4, 0.5) is 8.78 Å². The quantitative estimate of drug-likeness (QED) is 0.441. The van der Waals surface area contributed by atoms with Crippen molar-refractivity contribution in [2.45, 2.75) is 52.7 Å². The number of pyridine rings is 1. The predicted molar refractivity (Wildman–Crippen MR) is 121 cm³/mol. The van der Waals surface area contributed by atoms with Gasteiger partial charge >= 0.3 is 0 Å². The summed E-state index contributed by atoms with van der Waals surface area (Å²) >= 11 is 0. The summed E-state index contributed by atoms with van der Waals surface area (Å²) in [5.74, 6) is -2.88. The number of amides is 2. The molecule has 10 nitrogen and oxygen atoms in total. The number of aromatic nitrogens is 4. The summed E-state index contributed by atoms with van der Waals surface area (Å²) in [6, 6.07) is 1.13. The van der Waals surface area contributed by atoms with Gasteiger partial charge in [0.15, 0.2) is 6.61 Å². The molecule has 0 radical (unpaired) electrons. The lowest BCUT2D eigenvalue weighted by Crippen LogP contribution is -2.41. The maximum absolute atomic E-state index is 13.2. The Bertz CT molecular complexity index is 1200. The molecule has 3 heterocycles. The number of aryl methyl sites for hydroxylation is 1. The number of nitrogens with zero attached hydrogens (tertiary/aromatic N) is 4. The lowest BCUT2D eigenvalue weighted by atomic mass is 9.92. The second-order valence-corrected chi connectivity index (χ2v) is 9.03. The van der Waals surface area contributed by atoms with E-state index >= 15 is 0 Å². The normalized spacial score (nSPS) is 18.9. The van der Waals surface area contributed by atoms with Crippen LogP contribution in [-0.2, 0) is 17.8 Å². The first-order valence-corrected chi connectivity index (χ1v) is 11.2. The molecular weight excluding hydrogens is 460 g/mol. The van der Waals surface area contributed by atoms with Crippen molar-refractivity contribution in [3.63, 3.8) is 0 Å². The second-order valence-electron chi connectivity index (χ2n) is 9.03. The molecule has 186 valence electrons. The van der Waals surface area contributed by atoms with Crippen LogP contribution in [0.3, 0.4) is 0 Å². The zero-order valence-electron chi connectivity index (χ0n) is 19.9. The van der Waals surface area contributed by atoms with E-state index in [2.05, 4.69) is 25.5 Å². The first-order chi connectivity index (χ1) is 16.5. The number of hydrogen-bond acceptors (Lipinski definition) is 7. The zero-order valence-corrected chi connectivity index (χ0v) is 19.9. The number of nitrogens with one attached hydrogen (secondary N) is 3. The summed E-state index contributed by atoms with van der Waals surface area (Å²) in [4.78, 5) is 34.7. The van der Waals surface area contributed by atoms with Gasteiger partial charge in [0, 0.05) is 49.0 Å². The van der Waals surface area contributed by atoms with Crippen molar-refractivity contribution >= 4 is 18.0 Å². The van der Waals surface area contributed by atoms with Crippen LogP contribution >= 0.6 is 0 Å². The summed E-state index contributed by atoms with van der Waals surface area (Å²) in [5, 5.41) is 18.4. The van der Waals surface area contributed by atoms with Gasteiger partial charge in [-0.05, 0) is 32.4 Å². The van der Waals surface area contributed by atoms with E-state index in [0.717, 1.165) is 12.5 Å². The van der Waals surface area contributed by atoms with Gasteiger partial charge in [-0.1, -0.05) is 0 Å².